The van der Waals surface area contributed by atoms with Crippen molar-refractivity contribution in [1.29, 1.82) is 0 Å². The SMILES string of the molecule is CC(C)c1ncc2nn(C)nc2n1. The molecule has 0 atom stereocenters. The number of aryl methyl sites for hydroxylation is 1. The average Bonchev–Trinajstić information content (AvgIpc) is 2.42. The first-order chi connectivity index (χ1) is 6.16. The van der Waals surface area contributed by atoms with Gasteiger partial charge in [0.15, 0.2) is 5.52 Å². The maximum Gasteiger partial charge on any atom is 0.205 e. The molecule has 0 bridgehead atoms. The van der Waals surface area contributed by atoms with Crippen LogP contribution >= 0.6 is 0 Å². The molecule has 5 heteroatoms. The Labute approximate surface area is 75.8 Å². The minimum Gasteiger partial charge on any atom is -0.239 e. The van der Waals surface area contributed by atoms with Crippen LogP contribution < -0.4 is 0 Å². The van der Waals surface area contributed by atoms with Gasteiger partial charge in [0, 0.05) is 13.0 Å². The molecule has 0 aliphatic heterocycles. The van der Waals surface area contributed by atoms with Gasteiger partial charge in [-0.2, -0.15) is 9.90 Å². The van der Waals surface area contributed by atoms with Crippen molar-refractivity contribution in [3.63, 3.8) is 0 Å². The second kappa shape index (κ2) is 2.76. The van der Waals surface area contributed by atoms with Gasteiger partial charge >= 0.3 is 0 Å². The maximum absolute atomic E-state index is 4.29. The normalized spacial score (nSPS) is 11.4. The summed E-state index contributed by atoms with van der Waals surface area (Å²) >= 11 is 0. The summed E-state index contributed by atoms with van der Waals surface area (Å²) in [4.78, 5) is 9.99. The highest BCUT2D eigenvalue weighted by Crippen LogP contribution is 2.11. The Morgan fingerprint density at radius 1 is 1.31 bits per heavy atom. The van der Waals surface area contributed by atoms with E-state index in [1.807, 2.05) is 0 Å². The molecule has 0 unspecified atom stereocenters. The summed E-state index contributed by atoms with van der Waals surface area (Å²) in [5, 5.41) is 8.20. The van der Waals surface area contributed by atoms with E-state index < -0.39 is 0 Å². The Kier molecular flexibility index (Phi) is 1.72. The van der Waals surface area contributed by atoms with Gasteiger partial charge in [-0.15, -0.1) is 5.10 Å². The van der Waals surface area contributed by atoms with Gasteiger partial charge in [0.2, 0.25) is 5.65 Å². The van der Waals surface area contributed by atoms with Crippen LogP contribution in [0.5, 0.6) is 0 Å². The number of aromatic nitrogens is 5. The molecule has 0 aliphatic carbocycles. The average molecular weight is 177 g/mol. The second-order valence-corrected chi connectivity index (χ2v) is 3.28. The van der Waals surface area contributed by atoms with Crippen LogP contribution in [0.15, 0.2) is 6.20 Å². The first-order valence-electron chi connectivity index (χ1n) is 4.21. The van der Waals surface area contributed by atoms with Crippen LogP contribution in [0.4, 0.5) is 0 Å². The zero-order chi connectivity index (χ0) is 9.42. The van der Waals surface area contributed by atoms with Crippen molar-refractivity contribution in [3.8, 4) is 0 Å². The van der Waals surface area contributed by atoms with E-state index in [4.69, 9.17) is 0 Å². The summed E-state index contributed by atoms with van der Waals surface area (Å²) in [5.74, 6) is 1.14. The van der Waals surface area contributed by atoms with Crippen molar-refractivity contribution in [2.75, 3.05) is 0 Å². The fourth-order valence-electron chi connectivity index (χ4n) is 1.12. The summed E-state index contributed by atoms with van der Waals surface area (Å²) < 4.78 is 0. The van der Waals surface area contributed by atoms with Crippen LogP contribution in [-0.2, 0) is 7.05 Å². The first-order valence-corrected chi connectivity index (χ1v) is 4.21. The van der Waals surface area contributed by atoms with Crippen LogP contribution in [0.2, 0.25) is 0 Å². The lowest BCUT2D eigenvalue weighted by molar-refractivity contribution is 0.663. The molecule has 0 fully saturated rings. The van der Waals surface area contributed by atoms with E-state index >= 15 is 0 Å². The summed E-state index contributed by atoms with van der Waals surface area (Å²) in [7, 11) is 1.77. The minimum absolute atomic E-state index is 0.325. The fraction of sp³-hybridized carbons (Fsp3) is 0.500. The highest BCUT2D eigenvalue weighted by atomic mass is 15.5. The van der Waals surface area contributed by atoms with Gasteiger partial charge in [0.1, 0.15) is 5.82 Å². The summed E-state index contributed by atoms with van der Waals surface area (Å²) in [6.07, 6.45) is 1.71. The predicted octanol–water partition coefficient (Wildman–Crippen LogP) is 0.882. The van der Waals surface area contributed by atoms with Crippen LogP contribution in [0.25, 0.3) is 11.2 Å². The Morgan fingerprint density at radius 3 is 2.77 bits per heavy atom. The molecule has 2 aromatic rings. The molecule has 2 rings (SSSR count). The highest BCUT2D eigenvalue weighted by molar-refractivity contribution is 5.67. The molecular formula is C8H11N5. The molecule has 68 valence electrons. The van der Waals surface area contributed by atoms with Crippen LogP contribution in [0.3, 0.4) is 0 Å². The summed E-state index contributed by atoms with van der Waals surface area (Å²) in [5.41, 5.74) is 1.41. The van der Waals surface area contributed by atoms with Crippen LogP contribution in [0.1, 0.15) is 25.6 Å². The van der Waals surface area contributed by atoms with Gasteiger partial charge in [-0.05, 0) is 0 Å². The molecule has 0 amide bonds. The molecule has 0 aromatic carbocycles. The Bertz CT molecular complexity index is 431. The Hall–Kier alpha value is -1.52. The first kappa shape index (κ1) is 8.10. The van der Waals surface area contributed by atoms with E-state index in [9.17, 15) is 0 Å². The van der Waals surface area contributed by atoms with Crippen molar-refractivity contribution in [2.24, 2.45) is 7.05 Å². The lowest BCUT2D eigenvalue weighted by Crippen LogP contribution is -1.96. The number of rotatable bonds is 1. The van der Waals surface area contributed by atoms with E-state index in [-0.39, 0.29) is 0 Å². The topological polar surface area (TPSA) is 56.5 Å². The zero-order valence-electron chi connectivity index (χ0n) is 7.89. The molecule has 0 saturated heterocycles. The van der Waals surface area contributed by atoms with E-state index in [1.54, 1.807) is 13.2 Å². The number of nitrogens with zero attached hydrogens (tertiary/aromatic N) is 5. The van der Waals surface area contributed by atoms with Crippen molar-refractivity contribution < 1.29 is 0 Å². The lowest BCUT2D eigenvalue weighted by atomic mass is 10.2. The molecule has 0 saturated carbocycles. The minimum atomic E-state index is 0.325. The molecular weight excluding hydrogens is 166 g/mol. The van der Waals surface area contributed by atoms with Gasteiger partial charge in [0.25, 0.3) is 0 Å². The predicted molar refractivity (Wildman–Crippen MR) is 48.2 cm³/mol. The zero-order valence-corrected chi connectivity index (χ0v) is 7.89. The number of hydrogen-bond acceptors (Lipinski definition) is 4. The maximum atomic E-state index is 4.29. The van der Waals surface area contributed by atoms with Crippen molar-refractivity contribution in [1.82, 2.24) is 25.0 Å². The summed E-state index contributed by atoms with van der Waals surface area (Å²) in [6.45, 7) is 4.11. The van der Waals surface area contributed by atoms with Crippen molar-refractivity contribution in [2.45, 2.75) is 19.8 Å². The molecule has 0 spiro atoms. The second-order valence-electron chi connectivity index (χ2n) is 3.28. The number of hydrogen-bond donors (Lipinski definition) is 0. The van der Waals surface area contributed by atoms with Gasteiger partial charge in [-0.1, -0.05) is 13.8 Å². The molecule has 2 heterocycles. The van der Waals surface area contributed by atoms with E-state index in [0.717, 1.165) is 11.3 Å². The van der Waals surface area contributed by atoms with Gasteiger partial charge in [-0.3, -0.25) is 0 Å². The quantitative estimate of drug-likeness (QED) is 0.648. The number of fused-ring (bicyclic) bond motifs is 1. The smallest absolute Gasteiger partial charge is 0.205 e. The molecule has 2 aromatic heterocycles. The molecule has 0 radical (unpaired) electrons. The van der Waals surface area contributed by atoms with Crippen LogP contribution in [0, 0.1) is 0 Å². The third-order valence-electron chi connectivity index (χ3n) is 1.78. The molecule has 0 N–H and O–H groups in total. The monoisotopic (exact) mass is 177 g/mol. The third kappa shape index (κ3) is 1.37. The van der Waals surface area contributed by atoms with Crippen molar-refractivity contribution in [3.05, 3.63) is 12.0 Å². The molecule has 0 aliphatic rings. The van der Waals surface area contributed by atoms with Gasteiger partial charge in [0.05, 0.1) is 6.20 Å². The van der Waals surface area contributed by atoms with Gasteiger partial charge < -0.3 is 0 Å². The standard InChI is InChI=1S/C8H11N5/c1-5(2)7-9-4-6-8(10-7)12-13(3)11-6/h4-5H,1-3H3. The molecule has 5 nitrogen and oxygen atoms in total. The Morgan fingerprint density at radius 2 is 2.08 bits per heavy atom. The fourth-order valence-corrected chi connectivity index (χ4v) is 1.12. The van der Waals surface area contributed by atoms with Gasteiger partial charge in [-0.25, -0.2) is 9.97 Å². The Balaban J connectivity index is 2.61. The molecule has 13 heavy (non-hydrogen) atoms. The summed E-state index contributed by atoms with van der Waals surface area (Å²) in [6, 6.07) is 0. The van der Waals surface area contributed by atoms with E-state index in [2.05, 4.69) is 34.0 Å². The third-order valence-corrected chi connectivity index (χ3v) is 1.78. The van der Waals surface area contributed by atoms with E-state index in [0.29, 0.717) is 11.6 Å². The lowest BCUT2D eigenvalue weighted by Gasteiger charge is -1.99. The van der Waals surface area contributed by atoms with Crippen molar-refractivity contribution >= 4 is 11.2 Å². The highest BCUT2D eigenvalue weighted by Gasteiger charge is 2.06. The van der Waals surface area contributed by atoms with E-state index in [1.165, 1.54) is 4.80 Å². The largest absolute Gasteiger partial charge is 0.239 e. The van der Waals surface area contributed by atoms with Crippen LogP contribution in [-0.4, -0.2) is 25.0 Å².